The minimum atomic E-state index is -0.0366. The highest BCUT2D eigenvalue weighted by atomic mass is 16.5. The summed E-state index contributed by atoms with van der Waals surface area (Å²) >= 11 is 0. The molecule has 0 aromatic carbocycles. The van der Waals surface area contributed by atoms with E-state index in [0.29, 0.717) is 50.2 Å². The zero-order valence-corrected chi connectivity index (χ0v) is 44.2. The number of hydrogen-bond acceptors (Lipinski definition) is 8. The zero-order chi connectivity index (χ0) is 47.6. The lowest BCUT2D eigenvalue weighted by Crippen LogP contribution is -2.35. The van der Waals surface area contributed by atoms with Crippen LogP contribution < -0.4 is 0 Å². The van der Waals surface area contributed by atoms with Gasteiger partial charge in [-0.1, -0.05) is 195 Å². The third-order valence-corrected chi connectivity index (χ3v) is 14.9. The number of ether oxygens (including phenoxy) is 4. The Bertz CT molecular complexity index is 1110. The Balaban J connectivity index is 1.62. The van der Waals surface area contributed by atoms with Gasteiger partial charge in [-0.15, -0.1) is 0 Å². The minimum absolute atomic E-state index is 0.00746. The predicted octanol–water partition coefficient (Wildman–Crippen LogP) is 16.2. The summed E-state index contributed by atoms with van der Waals surface area (Å²) in [6, 6.07) is 0. The summed E-state index contributed by atoms with van der Waals surface area (Å²) in [6.07, 6.45) is 45.2. The molecular weight excluding hydrogens is 823 g/mol. The van der Waals surface area contributed by atoms with Crippen LogP contribution in [0.4, 0.5) is 0 Å². The van der Waals surface area contributed by atoms with E-state index in [4.69, 9.17) is 18.9 Å². The molecule has 0 aromatic rings. The molecule has 388 valence electrons. The van der Waals surface area contributed by atoms with Crippen molar-refractivity contribution in [1.29, 1.82) is 0 Å². The number of esters is 3. The average Bonchev–Trinajstić information content (AvgIpc) is 3.83. The van der Waals surface area contributed by atoms with E-state index in [2.05, 4.69) is 32.6 Å². The van der Waals surface area contributed by atoms with E-state index in [9.17, 15) is 14.4 Å². The smallest absolute Gasteiger partial charge is 0.306 e. The van der Waals surface area contributed by atoms with Gasteiger partial charge in [0.1, 0.15) is 6.10 Å². The Labute approximate surface area is 408 Å². The molecule has 1 aliphatic carbocycles. The summed E-state index contributed by atoms with van der Waals surface area (Å²) in [5.74, 6) is 1.87. The molecule has 0 aromatic heterocycles. The Hall–Kier alpha value is -1.67. The molecule has 3 atom stereocenters. The number of carbonyl (C=O) groups excluding carboxylic acids is 3. The number of hydrogen-bond donors (Lipinski definition) is 0. The summed E-state index contributed by atoms with van der Waals surface area (Å²) in [5.41, 5.74) is 0. The fourth-order valence-corrected chi connectivity index (χ4v) is 10.7. The first-order valence-corrected chi connectivity index (χ1v) is 29.2. The molecule has 2 aliphatic rings. The van der Waals surface area contributed by atoms with Crippen molar-refractivity contribution in [2.24, 2.45) is 17.8 Å². The van der Waals surface area contributed by atoms with E-state index >= 15 is 0 Å². The van der Waals surface area contributed by atoms with Crippen molar-refractivity contribution in [2.45, 2.75) is 297 Å². The van der Waals surface area contributed by atoms with Crippen LogP contribution in [0.15, 0.2) is 0 Å². The largest absolute Gasteiger partial charge is 0.466 e. The summed E-state index contributed by atoms with van der Waals surface area (Å²) in [7, 11) is 0. The molecule has 1 saturated heterocycles. The molecule has 3 unspecified atom stereocenters. The molecule has 1 heterocycles. The van der Waals surface area contributed by atoms with Crippen LogP contribution in [0.1, 0.15) is 285 Å². The predicted molar refractivity (Wildman–Crippen MR) is 276 cm³/mol. The topological polar surface area (TPSA) is 91.4 Å². The van der Waals surface area contributed by atoms with Crippen LogP contribution in [0.2, 0.25) is 0 Å². The van der Waals surface area contributed by atoms with Crippen LogP contribution >= 0.6 is 0 Å². The van der Waals surface area contributed by atoms with E-state index < -0.39 is 0 Å². The second kappa shape index (κ2) is 43.4. The van der Waals surface area contributed by atoms with E-state index in [-0.39, 0.29) is 30.1 Å². The lowest BCUT2D eigenvalue weighted by molar-refractivity contribution is -0.155. The van der Waals surface area contributed by atoms with Gasteiger partial charge in [-0.3, -0.25) is 14.4 Å². The van der Waals surface area contributed by atoms with Crippen molar-refractivity contribution in [3.8, 4) is 0 Å². The molecule has 2 rings (SSSR count). The van der Waals surface area contributed by atoms with Crippen LogP contribution in [0.3, 0.4) is 0 Å². The first-order valence-electron chi connectivity index (χ1n) is 29.2. The molecule has 0 bridgehead atoms. The lowest BCUT2D eigenvalue weighted by atomic mass is 9.82. The maximum Gasteiger partial charge on any atom is 0.306 e. The number of carbonyl (C=O) groups is 3. The zero-order valence-electron chi connectivity index (χ0n) is 44.2. The minimum Gasteiger partial charge on any atom is -0.466 e. The third-order valence-electron chi connectivity index (χ3n) is 14.9. The molecule has 1 aliphatic heterocycles. The second-order valence-corrected chi connectivity index (χ2v) is 21.1. The maximum atomic E-state index is 13.0. The van der Waals surface area contributed by atoms with Gasteiger partial charge in [0.2, 0.25) is 0 Å². The van der Waals surface area contributed by atoms with Crippen LogP contribution in [-0.4, -0.2) is 74.5 Å². The van der Waals surface area contributed by atoms with Gasteiger partial charge in [-0.05, 0) is 102 Å². The molecule has 8 nitrogen and oxygen atoms in total. The van der Waals surface area contributed by atoms with Gasteiger partial charge in [-0.25, -0.2) is 0 Å². The average molecular weight is 933 g/mol. The molecule has 0 radical (unpaired) electrons. The van der Waals surface area contributed by atoms with Gasteiger partial charge in [0.05, 0.1) is 19.3 Å². The van der Waals surface area contributed by atoms with Crippen molar-refractivity contribution < 1.29 is 33.3 Å². The maximum absolute atomic E-state index is 13.0. The van der Waals surface area contributed by atoms with E-state index in [0.717, 1.165) is 96.6 Å². The highest BCUT2D eigenvalue weighted by Gasteiger charge is 2.31. The summed E-state index contributed by atoms with van der Waals surface area (Å²) in [6.45, 7) is 14.3. The molecule has 1 saturated carbocycles. The summed E-state index contributed by atoms with van der Waals surface area (Å²) in [4.78, 5) is 40.3. The summed E-state index contributed by atoms with van der Waals surface area (Å²) in [5, 5.41) is 0. The molecule has 66 heavy (non-hydrogen) atoms. The number of nitrogens with zero attached hydrogens (tertiary/aromatic N) is 1. The van der Waals surface area contributed by atoms with Gasteiger partial charge in [0.25, 0.3) is 0 Å². The van der Waals surface area contributed by atoms with Crippen molar-refractivity contribution in [3.63, 3.8) is 0 Å². The third kappa shape index (κ3) is 34.6. The first-order chi connectivity index (χ1) is 32.4. The van der Waals surface area contributed by atoms with Crippen LogP contribution in [0.25, 0.3) is 0 Å². The second-order valence-electron chi connectivity index (χ2n) is 21.1. The lowest BCUT2D eigenvalue weighted by Gasteiger charge is -2.34. The highest BCUT2D eigenvalue weighted by molar-refractivity contribution is 5.70. The van der Waals surface area contributed by atoms with Crippen LogP contribution in [-0.2, 0) is 33.3 Å². The van der Waals surface area contributed by atoms with E-state index in [1.165, 1.54) is 167 Å². The monoisotopic (exact) mass is 932 g/mol. The normalized spacial score (nSPS) is 17.8. The first kappa shape index (κ1) is 60.5. The number of unbranched alkanes of at least 4 members (excludes halogenated alkanes) is 18. The molecular formula is C58H109NO7. The van der Waals surface area contributed by atoms with Crippen molar-refractivity contribution >= 4 is 17.9 Å². The Morgan fingerprint density at radius 2 is 0.879 bits per heavy atom. The van der Waals surface area contributed by atoms with Crippen LogP contribution in [0.5, 0.6) is 0 Å². The Kier molecular flexibility index (Phi) is 39.7. The molecule has 2 fully saturated rings. The number of likely N-dealkylation sites (tertiary alicyclic amines) is 1. The standard InChI is InChI=1S/C58H109NO7/c1-5-9-21-32-51(33-22-10-6-2)40-46-64-56(60)37-26-18-15-13-14-17-25-36-53-48-54(50-55(49-53)66-58(62)39-31-44-59-42-28-29-43-59)63-45-30-20-16-19-27-38-57(61)65-47-41-52(34-23-11-7-3)35-24-12-8-4/h51-55H,5-50H2,1-4H3. The van der Waals surface area contributed by atoms with E-state index in [1.807, 2.05) is 0 Å². The highest BCUT2D eigenvalue weighted by Crippen LogP contribution is 2.33. The van der Waals surface area contributed by atoms with Gasteiger partial charge >= 0.3 is 17.9 Å². The quantitative estimate of drug-likeness (QED) is 0.0339. The SMILES string of the molecule is CCCCCC(CCCCC)CCOC(=O)CCCCCCCCCC1CC(OCCCCCCCC(=O)OCCC(CCCCC)CCCCC)CC(OC(=O)CCCN2CCCC2)C1. The Morgan fingerprint density at radius 3 is 1.38 bits per heavy atom. The van der Waals surface area contributed by atoms with Crippen molar-refractivity contribution in [3.05, 3.63) is 0 Å². The van der Waals surface area contributed by atoms with E-state index in [1.54, 1.807) is 0 Å². The summed E-state index contributed by atoms with van der Waals surface area (Å²) < 4.78 is 24.0. The molecule has 8 heteroatoms. The van der Waals surface area contributed by atoms with Gasteiger partial charge in [0, 0.05) is 32.3 Å². The van der Waals surface area contributed by atoms with Crippen LogP contribution in [0, 0.1) is 17.8 Å². The number of rotatable bonds is 46. The van der Waals surface area contributed by atoms with Crippen molar-refractivity contribution in [2.75, 3.05) is 39.5 Å². The van der Waals surface area contributed by atoms with Gasteiger partial charge in [0.15, 0.2) is 0 Å². The van der Waals surface area contributed by atoms with Gasteiger partial charge in [-0.2, -0.15) is 0 Å². The molecule has 0 spiro atoms. The Morgan fingerprint density at radius 1 is 0.439 bits per heavy atom. The van der Waals surface area contributed by atoms with Crippen molar-refractivity contribution in [1.82, 2.24) is 4.90 Å². The molecule has 0 N–H and O–H groups in total. The van der Waals surface area contributed by atoms with Gasteiger partial charge < -0.3 is 23.8 Å². The fraction of sp³-hybridized carbons (Fsp3) is 0.948. The molecule has 0 amide bonds. The fourth-order valence-electron chi connectivity index (χ4n) is 10.7.